The number of carbonyl (C=O) groups is 3. The second kappa shape index (κ2) is 7.91. The lowest BCUT2D eigenvalue weighted by atomic mass is 10.1. The Bertz CT molecular complexity index is 1340. The normalized spacial score (nSPS) is 26.9. The van der Waals surface area contributed by atoms with Gasteiger partial charge in [-0.05, 0) is 55.0 Å². The number of nitrogens with one attached hydrogen (secondary N) is 1. The number of hydrogen-bond donors (Lipinski definition) is 1. The van der Waals surface area contributed by atoms with Crippen LogP contribution < -0.4 is 5.32 Å². The van der Waals surface area contributed by atoms with Crippen LogP contribution in [0.3, 0.4) is 0 Å². The zero-order chi connectivity index (χ0) is 23.6. The topological polar surface area (TPSA) is 97.2 Å². The molecule has 1 aliphatic heterocycles. The zero-order valence-electron chi connectivity index (χ0n) is 18.6. The molecule has 6 rings (SSSR count). The van der Waals surface area contributed by atoms with Crippen LogP contribution in [-0.4, -0.2) is 55.4 Å². The molecule has 2 aromatic heterocycles. The number of ketones is 1. The minimum Gasteiger partial charge on any atom is -0.351 e. The van der Waals surface area contributed by atoms with Gasteiger partial charge in [-0.2, -0.15) is 5.10 Å². The first-order valence-corrected chi connectivity index (χ1v) is 12.0. The van der Waals surface area contributed by atoms with Gasteiger partial charge in [-0.1, -0.05) is 23.7 Å². The minimum atomic E-state index is -0.473. The summed E-state index contributed by atoms with van der Waals surface area (Å²) in [5.41, 5.74) is 1.92. The van der Waals surface area contributed by atoms with Crippen LogP contribution in [0.15, 0.2) is 42.6 Å². The molecule has 174 valence electrons. The van der Waals surface area contributed by atoms with E-state index in [-0.39, 0.29) is 42.1 Å². The number of hydrogen-bond acceptors (Lipinski definition) is 5. The van der Waals surface area contributed by atoms with Crippen molar-refractivity contribution < 1.29 is 14.4 Å². The number of rotatable bonds is 6. The zero-order valence-corrected chi connectivity index (χ0v) is 19.4. The molecule has 2 amide bonds. The first-order chi connectivity index (χ1) is 16.4. The number of amides is 2. The van der Waals surface area contributed by atoms with Gasteiger partial charge in [-0.3, -0.25) is 14.4 Å². The van der Waals surface area contributed by atoms with Gasteiger partial charge < -0.3 is 10.2 Å². The van der Waals surface area contributed by atoms with E-state index >= 15 is 0 Å². The quantitative estimate of drug-likeness (QED) is 0.550. The average Bonchev–Trinajstić information content (AvgIpc) is 3.69. The highest BCUT2D eigenvalue weighted by atomic mass is 35.5. The number of benzene rings is 1. The van der Waals surface area contributed by atoms with Gasteiger partial charge in [0.05, 0.1) is 5.39 Å². The predicted octanol–water partition coefficient (Wildman–Crippen LogP) is 2.95. The van der Waals surface area contributed by atoms with Crippen LogP contribution in [0.5, 0.6) is 0 Å². The van der Waals surface area contributed by atoms with Crippen LogP contribution in [0.1, 0.15) is 48.2 Å². The molecule has 1 saturated heterocycles. The summed E-state index contributed by atoms with van der Waals surface area (Å²) in [7, 11) is 0. The molecule has 0 bridgehead atoms. The van der Waals surface area contributed by atoms with Crippen LogP contribution in [0.2, 0.25) is 5.02 Å². The van der Waals surface area contributed by atoms with Crippen molar-refractivity contribution in [1.82, 2.24) is 25.0 Å². The third-order valence-electron chi connectivity index (χ3n) is 7.22. The Hall–Kier alpha value is -3.26. The van der Waals surface area contributed by atoms with Crippen molar-refractivity contribution in [3.05, 3.63) is 58.9 Å². The van der Waals surface area contributed by atoms with E-state index < -0.39 is 6.04 Å². The molecule has 5 atom stereocenters. The highest BCUT2D eigenvalue weighted by molar-refractivity contribution is 6.30. The first kappa shape index (κ1) is 21.3. The Morgan fingerprint density at radius 1 is 1.15 bits per heavy atom. The first-order valence-electron chi connectivity index (χ1n) is 11.6. The highest BCUT2D eigenvalue weighted by Crippen LogP contribution is 2.48. The fourth-order valence-corrected chi connectivity index (χ4v) is 5.58. The summed E-state index contributed by atoms with van der Waals surface area (Å²) in [5, 5.41) is 8.83. The number of carbonyl (C=O) groups excluding carboxylic acids is 3. The molecule has 34 heavy (non-hydrogen) atoms. The molecule has 3 aromatic rings. The molecule has 1 aromatic carbocycles. The lowest BCUT2D eigenvalue weighted by molar-refractivity contribution is -0.140. The Kier molecular flexibility index (Phi) is 4.95. The number of fused-ring (bicyclic) bond motifs is 2. The number of aromatic nitrogens is 3. The third kappa shape index (κ3) is 3.66. The molecule has 1 N–H and O–H groups in total. The Balaban J connectivity index is 1.17. The largest absolute Gasteiger partial charge is 0.351 e. The van der Waals surface area contributed by atoms with Gasteiger partial charge in [-0.15, -0.1) is 0 Å². The smallest absolute Gasteiger partial charge is 0.245 e. The SMILES string of the molecule is CC(=O)c1nn(CC(=O)N2[C@@H]3CC3C[C@H]2C(=O)N[C@@H]2C[C@H]2c2cccc(Cl)c2)c2ncccc12. The lowest BCUT2D eigenvalue weighted by Gasteiger charge is -2.27. The highest BCUT2D eigenvalue weighted by Gasteiger charge is 2.56. The van der Waals surface area contributed by atoms with Crippen LogP contribution in [0, 0.1) is 5.92 Å². The maximum Gasteiger partial charge on any atom is 0.245 e. The molecule has 3 aliphatic rings. The number of piperidine rings is 1. The number of nitrogens with zero attached hydrogens (tertiary/aromatic N) is 4. The number of halogens is 1. The van der Waals surface area contributed by atoms with Crippen molar-refractivity contribution in [2.75, 3.05) is 0 Å². The van der Waals surface area contributed by atoms with E-state index in [0.717, 1.165) is 18.4 Å². The van der Waals surface area contributed by atoms with E-state index in [1.54, 1.807) is 23.2 Å². The third-order valence-corrected chi connectivity index (χ3v) is 7.45. The van der Waals surface area contributed by atoms with E-state index in [0.29, 0.717) is 34.1 Å². The Labute approximate surface area is 201 Å². The molecule has 9 heteroatoms. The van der Waals surface area contributed by atoms with Gasteiger partial charge in [0, 0.05) is 36.1 Å². The van der Waals surface area contributed by atoms with Crippen LogP contribution in [0.25, 0.3) is 11.0 Å². The average molecular weight is 478 g/mol. The second-order valence-electron chi connectivity index (χ2n) is 9.56. The van der Waals surface area contributed by atoms with Gasteiger partial charge in [0.1, 0.15) is 18.3 Å². The molecule has 3 heterocycles. The maximum atomic E-state index is 13.4. The predicted molar refractivity (Wildman–Crippen MR) is 125 cm³/mol. The van der Waals surface area contributed by atoms with Gasteiger partial charge in [0.25, 0.3) is 0 Å². The van der Waals surface area contributed by atoms with Crippen molar-refractivity contribution in [1.29, 1.82) is 0 Å². The van der Waals surface area contributed by atoms with Gasteiger partial charge in [-0.25, -0.2) is 9.67 Å². The number of pyridine rings is 1. The molecule has 1 unspecified atom stereocenters. The van der Waals surface area contributed by atoms with E-state index in [1.165, 1.54) is 11.6 Å². The standard InChI is InChI=1S/C25H24ClN5O3/c1-13(32)23-17-6-3-7-27-24(17)30(29-23)12-22(33)31-20-9-15(20)10-21(31)25(34)28-19-11-18(19)14-4-2-5-16(26)8-14/h2-8,15,18-21H,9-12H2,1H3,(H,28,34)/t15?,18-,19+,20+,21-/m0/s1. The summed E-state index contributed by atoms with van der Waals surface area (Å²) in [6.45, 7) is 1.40. The van der Waals surface area contributed by atoms with Crippen LogP contribution in [-0.2, 0) is 16.1 Å². The summed E-state index contributed by atoms with van der Waals surface area (Å²) < 4.78 is 1.48. The number of Topliss-reactive ketones (excluding diaryl/α,β-unsaturated/α-hetero) is 1. The molecule has 2 aliphatic carbocycles. The van der Waals surface area contributed by atoms with Crippen LogP contribution >= 0.6 is 11.6 Å². The van der Waals surface area contributed by atoms with E-state index in [1.807, 2.05) is 24.3 Å². The summed E-state index contributed by atoms with van der Waals surface area (Å²) in [6.07, 6.45) is 4.11. The minimum absolute atomic E-state index is 0.0532. The summed E-state index contributed by atoms with van der Waals surface area (Å²) in [5.74, 6) is 0.196. The second-order valence-corrected chi connectivity index (χ2v) is 10.0. The summed E-state index contributed by atoms with van der Waals surface area (Å²) >= 11 is 6.11. The summed E-state index contributed by atoms with van der Waals surface area (Å²) in [6, 6.07) is 11.0. The van der Waals surface area contributed by atoms with E-state index in [4.69, 9.17) is 11.6 Å². The molecular formula is C25H24ClN5O3. The fourth-order valence-electron chi connectivity index (χ4n) is 5.38. The molecule has 0 spiro atoms. The molecule has 3 fully saturated rings. The maximum absolute atomic E-state index is 13.4. The van der Waals surface area contributed by atoms with Gasteiger partial charge in [0.15, 0.2) is 11.4 Å². The van der Waals surface area contributed by atoms with Gasteiger partial charge in [0.2, 0.25) is 11.8 Å². The van der Waals surface area contributed by atoms with E-state index in [2.05, 4.69) is 15.4 Å². The van der Waals surface area contributed by atoms with E-state index in [9.17, 15) is 14.4 Å². The Morgan fingerprint density at radius 3 is 2.79 bits per heavy atom. The van der Waals surface area contributed by atoms with Crippen molar-refractivity contribution in [3.63, 3.8) is 0 Å². The molecule has 8 nitrogen and oxygen atoms in total. The molecular weight excluding hydrogens is 454 g/mol. The lowest BCUT2D eigenvalue weighted by Crippen LogP contribution is -2.49. The monoisotopic (exact) mass is 477 g/mol. The van der Waals surface area contributed by atoms with Crippen molar-refractivity contribution in [2.45, 2.75) is 56.8 Å². The van der Waals surface area contributed by atoms with Crippen molar-refractivity contribution in [2.24, 2.45) is 5.92 Å². The van der Waals surface area contributed by atoms with Crippen molar-refractivity contribution in [3.8, 4) is 0 Å². The van der Waals surface area contributed by atoms with Crippen LogP contribution in [0.4, 0.5) is 0 Å². The fraction of sp³-hybridized carbons (Fsp3) is 0.400. The Morgan fingerprint density at radius 2 is 2.00 bits per heavy atom. The van der Waals surface area contributed by atoms with Crippen molar-refractivity contribution >= 4 is 40.2 Å². The number of likely N-dealkylation sites (tertiary alicyclic amines) is 1. The molecule has 0 radical (unpaired) electrons. The van der Waals surface area contributed by atoms with Gasteiger partial charge >= 0.3 is 0 Å². The summed E-state index contributed by atoms with van der Waals surface area (Å²) in [4.78, 5) is 44.6. The molecule has 2 saturated carbocycles.